The van der Waals surface area contributed by atoms with Gasteiger partial charge in [-0.05, 0) is 50.2 Å². The fraction of sp³-hybridized carbons (Fsp3) is 0.409. The van der Waals surface area contributed by atoms with Gasteiger partial charge in [-0.15, -0.1) is 0 Å². The molecule has 0 radical (unpaired) electrons. The SMILES string of the molecule is Cc1c(NC(=O)CN2CCCN(Cc3ccc(C(F)(F)F)cc3)CC2)cccc1[N+](=O)[O-]. The minimum absolute atomic E-state index is 0.0449. The second-order valence-electron chi connectivity index (χ2n) is 7.86. The number of nitrogens with zero attached hydrogens (tertiary/aromatic N) is 3. The van der Waals surface area contributed by atoms with Crippen LogP contribution in [0.3, 0.4) is 0 Å². The third-order valence-electron chi connectivity index (χ3n) is 5.51. The minimum Gasteiger partial charge on any atom is -0.324 e. The van der Waals surface area contributed by atoms with E-state index in [2.05, 4.69) is 10.2 Å². The van der Waals surface area contributed by atoms with Crippen molar-refractivity contribution in [1.29, 1.82) is 0 Å². The largest absolute Gasteiger partial charge is 0.416 e. The molecule has 3 rings (SSSR count). The normalized spacial score (nSPS) is 15.9. The Morgan fingerprint density at radius 1 is 1.06 bits per heavy atom. The Hall–Kier alpha value is -2.98. The molecule has 1 N–H and O–H groups in total. The van der Waals surface area contributed by atoms with Crippen molar-refractivity contribution in [2.24, 2.45) is 0 Å². The molecule has 0 aliphatic carbocycles. The summed E-state index contributed by atoms with van der Waals surface area (Å²) in [6.45, 7) is 5.13. The number of hydrogen-bond acceptors (Lipinski definition) is 5. The molecule has 2 aromatic rings. The smallest absolute Gasteiger partial charge is 0.324 e. The highest BCUT2D eigenvalue weighted by molar-refractivity contribution is 5.93. The first-order chi connectivity index (χ1) is 15.1. The molecule has 10 heteroatoms. The molecule has 1 amide bonds. The quantitative estimate of drug-likeness (QED) is 0.530. The zero-order valence-corrected chi connectivity index (χ0v) is 17.7. The Balaban J connectivity index is 1.52. The summed E-state index contributed by atoms with van der Waals surface area (Å²) in [6, 6.07) is 9.76. The van der Waals surface area contributed by atoms with E-state index in [-0.39, 0.29) is 18.1 Å². The lowest BCUT2D eigenvalue weighted by molar-refractivity contribution is -0.385. The van der Waals surface area contributed by atoms with Crippen molar-refractivity contribution in [2.75, 3.05) is 38.0 Å². The molecule has 32 heavy (non-hydrogen) atoms. The first-order valence-corrected chi connectivity index (χ1v) is 10.3. The van der Waals surface area contributed by atoms with Gasteiger partial charge in [0, 0.05) is 25.7 Å². The molecule has 0 bridgehead atoms. The first-order valence-electron chi connectivity index (χ1n) is 10.3. The third-order valence-corrected chi connectivity index (χ3v) is 5.51. The van der Waals surface area contributed by atoms with E-state index in [0.717, 1.165) is 30.7 Å². The molecular weight excluding hydrogens is 425 g/mol. The Morgan fingerprint density at radius 2 is 1.72 bits per heavy atom. The number of carbonyl (C=O) groups is 1. The minimum atomic E-state index is -4.34. The van der Waals surface area contributed by atoms with E-state index in [1.807, 2.05) is 4.90 Å². The number of amides is 1. The Bertz CT molecular complexity index is 964. The molecule has 172 valence electrons. The van der Waals surface area contributed by atoms with Crippen molar-refractivity contribution in [2.45, 2.75) is 26.1 Å². The van der Waals surface area contributed by atoms with Crippen LogP contribution in [-0.4, -0.2) is 53.4 Å². The van der Waals surface area contributed by atoms with Crippen molar-refractivity contribution in [3.8, 4) is 0 Å². The van der Waals surface area contributed by atoms with Gasteiger partial charge in [0.05, 0.1) is 28.3 Å². The predicted molar refractivity (Wildman–Crippen MR) is 114 cm³/mol. The molecule has 1 saturated heterocycles. The number of nitrogens with one attached hydrogen (secondary N) is 1. The van der Waals surface area contributed by atoms with E-state index in [1.54, 1.807) is 13.0 Å². The summed E-state index contributed by atoms with van der Waals surface area (Å²) in [5, 5.41) is 13.8. The summed E-state index contributed by atoms with van der Waals surface area (Å²) in [4.78, 5) is 27.2. The van der Waals surface area contributed by atoms with Crippen LogP contribution in [0.1, 0.15) is 23.1 Å². The van der Waals surface area contributed by atoms with Gasteiger partial charge in [0.1, 0.15) is 0 Å². The van der Waals surface area contributed by atoms with Crippen molar-refractivity contribution in [3.05, 3.63) is 69.3 Å². The van der Waals surface area contributed by atoms with E-state index >= 15 is 0 Å². The van der Waals surface area contributed by atoms with Crippen LogP contribution in [0, 0.1) is 17.0 Å². The highest BCUT2D eigenvalue weighted by Crippen LogP contribution is 2.29. The highest BCUT2D eigenvalue weighted by atomic mass is 19.4. The average Bonchev–Trinajstić information content (AvgIpc) is 2.94. The number of nitro groups is 1. The van der Waals surface area contributed by atoms with E-state index in [9.17, 15) is 28.1 Å². The number of rotatable bonds is 6. The molecule has 0 aromatic heterocycles. The fourth-order valence-electron chi connectivity index (χ4n) is 3.75. The topological polar surface area (TPSA) is 78.7 Å². The Labute approximate surface area is 184 Å². The average molecular weight is 450 g/mol. The van der Waals surface area contributed by atoms with Gasteiger partial charge in [-0.2, -0.15) is 13.2 Å². The number of hydrogen-bond donors (Lipinski definition) is 1. The van der Waals surface area contributed by atoms with E-state index in [0.29, 0.717) is 37.4 Å². The van der Waals surface area contributed by atoms with Crippen LogP contribution < -0.4 is 5.32 Å². The zero-order chi connectivity index (χ0) is 23.3. The van der Waals surface area contributed by atoms with Crippen LogP contribution in [0.2, 0.25) is 0 Å². The number of alkyl halides is 3. The van der Waals surface area contributed by atoms with Crippen molar-refractivity contribution in [1.82, 2.24) is 9.80 Å². The number of benzene rings is 2. The first kappa shape index (κ1) is 23.7. The maximum absolute atomic E-state index is 12.7. The van der Waals surface area contributed by atoms with Gasteiger partial charge in [-0.3, -0.25) is 24.7 Å². The molecule has 1 aliphatic heterocycles. The summed E-state index contributed by atoms with van der Waals surface area (Å²) in [5.74, 6) is -0.246. The lowest BCUT2D eigenvalue weighted by Gasteiger charge is -2.22. The van der Waals surface area contributed by atoms with Gasteiger partial charge >= 0.3 is 6.18 Å². The molecule has 0 unspecified atom stereocenters. The number of carbonyl (C=O) groups excluding carboxylic acids is 1. The van der Waals surface area contributed by atoms with Crippen LogP contribution in [0.5, 0.6) is 0 Å². The summed E-state index contributed by atoms with van der Waals surface area (Å²) in [5.41, 5.74) is 0.933. The molecule has 0 atom stereocenters. The molecule has 0 saturated carbocycles. The molecule has 0 spiro atoms. The predicted octanol–water partition coefficient (Wildman–Crippen LogP) is 4.07. The van der Waals surface area contributed by atoms with E-state index in [1.165, 1.54) is 24.3 Å². The maximum Gasteiger partial charge on any atom is 0.416 e. The second kappa shape index (κ2) is 10.1. The molecule has 1 aliphatic rings. The zero-order valence-electron chi connectivity index (χ0n) is 17.7. The molecular formula is C22H25F3N4O3. The standard InChI is InChI=1S/C22H25F3N4O3/c1-16-19(4-2-5-20(16)29(31)32)26-21(30)15-28-11-3-10-27(12-13-28)14-17-6-8-18(9-7-17)22(23,24)25/h2,4-9H,3,10-15H2,1H3,(H,26,30). The summed E-state index contributed by atoms with van der Waals surface area (Å²) < 4.78 is 38.1. The van der Waals surface area contributed by atoms with Gasteiger partial charge in [-0.25, -0.2) is 0 Å². The maximum atomic E-state index is 12.7. The monoisotopic (exact) mass is 450 g/mol. The van der Waals surface area contributed by atoms with Crippen molar-refractivity contribution >= 4 is 17.3 Å². The van der Waals surface area contributed by atoms with Crippen molar-refractivity contribution < 1.29 is 22.9 Å². The van der Waals surface area contributed by atoms with Crippen LogP contribution >= 0.6 is 0 Å². The Morgan fingerprint density at radius 3 is 2.38 bits per heavy atom. The number of nitro benzene ring substituents is 1. The molecule has 2 aromatic carbocycles. The number of anilines is 1. The van der Waals surface area contributed by atoms with Crippen molar-refractivity contribution in [3.63, 3.8) is 0 Å². The van der Waals surface area contributed by atoms with Crippen LogP contribution in [0.4, 0.5) is 24.5 Å². The van der Waals surface area contributed by atoms with Gasteiger partial charge in [-0.1, -0.05) is 18.2 Å². The van der Waals surface area contributed by atoms with Gasteiger partial charge < -0.3 is 5.32 Å². The molecule has 1 heterocycles. The lowest BCUT2D eigenvalue weighted by Crippen LogP contribution is -2.36. The molecule has 1 fully saturated rings. The lowest BCUT2D eigenvalue weighted by atomic mass is 10.1. The summed E-state index contributed by atoms with van der Waals surface area (Å²) >= 11 is 0. The van der Waals surface area contributed by atoms with Gasteiger partial charge in [0.2, 0.25) is 5.91 Å². The Kier molecular flexibility index (Phi) is 7.47. The van der Waals surface area contributed by atoms with Crippen LogP contribution in [0.25, 0.3) is 0 Å². The number of halogens is 3. The summed E-state index contributed by atoms with van der Waals surface area (Å²) in [7, 11) is 0. The van der Waals surface area contributed by atoms with Gasteiger partial charge in [0.15, 0.2) is 0 Å². The van der Waals surface area contributed by atoms with E-state index < -0.39 is 16.7 Å². The fourth-order valence-corrected chi connectivity index (χ4v) is 3.75. The van der Waals surface area contributed by atoms with Gasteiger partial charge in [0.25, 0.3) is 5.69 Å². The summed E-state index contributed by atoms with van der Waals surface area (Å²) in [6.07, 6.45) is -3.52. The highest BCUT2D eigenvalue weighted by Gasteiger charge is 2.30. The molecule has 7 nitrogen and oxygen atoms in total. The van der Waals surface area contributed by atoms with Crippen LogP contribution in [0.15, 0.2) is 42.5 Å². The second-order valence-corrected chi connectivity index (χ2v) is 7.86. The third kappa shape index (κ3) is 6.27. The van der Waals surface area contributed by atoms with Crippen LogP contribution in [-0.2, 0) is 17.5 Å². The van der Waals surface area contributed by atoms with E-state index in [4.69, 9.17) is 0 Å².